The van der Waals surface area contributed by atoms with Crippen LogP contribution in [0.1, 0.15) is 6.42 Å². The van der Waals surface area contributed by atoms with Crippen molar-refractivity contribution in [1.29, 1.82) is 0 Å². The standard InChI is InChI=1S/C10H13F2NO2/c11-7-1-2-10(9(12)5-7)13-8(6-15)3-4-14/h1-2,5,8,13-15H,3-4,6H2. The summed E-state index contributed by atoms with van der Waals surface area (Å²) in [5, 5.41) is 20.2. The van der Waals surface area contributed by atoms with Gasteiger partial charge in [0.2, 0.25) is 0 Å². The predicted octanol–water partition coefficient (Wildman–Crippen LogP) is 1.12. The number of benzene rings is 1. The highest BCUT2D eigenvalue weighted by atomic mass is 19.1. The van der Waals surface area contributed by atoms with Gasteiger partial charge in [0.25, 0.3) is 0 Å². The molecular formula is C10H13F2NO2. The molecule has 1 atom stereocenters. The first-order chi connectivity index (χ1) is 7.17. The van der Waals surface area contributed by atoms with Crippen LogP contribution in [0.4, 0.5) is 14.5 Å². The Balaban J connectivity index is 2.70. The number of nitrogens with one attached hydrogen (secondary N) is 1. The van der Waals surface area contributed by atoms with Gasteiger partial charge in [-0.1, -0.05) is 0 Å². The van der Waals surface area contributed by atoms with E-state index in [9.17, 15) is 8.78 Å². The number of aliphatic hydroxyl groups excluding tert-OH is 2. The average Bonchev–Trinajstić information content (AvgIpc) is 2.21. The van der Waals surface area contributed by atoms with Gasteiger partial charge in [0.1, 0.15) is 11.6 Å². The summed E-state index contributed by atoms with van der Waals surface area (Å²) in [5.74, 6) is -1.37. The molecule has 1 unspecified atom stereocenters. The van der Waals surface area contributed by atoms with Crippen molar-refractivity contribution in [1.82, 2.24) is 0 Å². The van der Waals surface area contributed by atoms with Crippen molar-refractivity contribution in [3.63, 3.8) is 0 Å². The SMILES string of the molecule is OCCC(CO)Nc1ccc(F)cc1F. The van der Waals surface area contributed by atoms with Gasteiger partial charge in [-0.3, -0.25) is 0 Å². The quantitative estimate of drug-likeness (QED) is 0.692. The Morgan fingerprint density at radius 2 is 2.00 bits per heavy atom. The third-order valence-corrected chi connectivity index (χ3v) is 1.99. The van der Waals surface area contributed by atoms with E-state index in [-0.39, 0.29) is 18.9 Å². The Bertz CT molecular complexity index is 320. The van der Waals surface area contributed by atoms with Crippen molar-refractivity contribution < 1.29 is 19.0 Å². The molecule has 1 aromatic carbocycles. The molecule has 0 aromatic heterocycles. The highest BCUT2D eigenvalue weighted by Crippen LogP contribution is 2.16. The normalized spacial score (nSPS) is 12.5. The van der Waals surface area contributed by atoms with Gasteiger partial charge in [-0.15, -0.1) is 0 Å². The average molecular weight is 217 g/mol. The van der Waals surface area contributed by atoms with Crippen LogP contribution in [0.3, 0.4) is 0 Å². The van der Waals surface area contributed by atoms with Crippen LogP contribution >= 0.6 is 0 Å². The summed E-state index contributed by atoms with van der Waals surface area (Å²) < 4.78 is 25.7. The van der Waals surface area contributed by atoms with E-state index in [4.69, 9.17) is 10.2 Å². The van der Waals surface area contributed by atoms with E-state index in [0.29, 0.717) is 6.42 Å². The minimum atomic E-state index is -0.716. The molecule has 0 saturated carbocycles. The molecule has 0 spiro atoms. The van der Waals surface area contributed by atoms with Crippen LogP contribution in [0.2, 0.25) is 0 Å². The topological polar surface area (TPSA) is 52.5 Å². The second kappa shape index (κ2) is 5.63. The third-order valence-electron chi connectivity index (χ3n) is 1.99. The molecular weight excluding hydrogens is 204 g/mol. The molecule has 5 heteroatoms. The Kier molecular flexibility index (Phi) is 4.45. The lowest BCUT2D eigenvalue weighted by Crippen LogP contribution is -2.25. The molecule has 84 valence electrons. The Morgan fingerprint density at radius 1 is 1.27 bits per heavy atom. The summed E-state index contributed by atoms with van der Waals surface area (Å²) in [6, 6.07) is 2.70. The maximum absolute atomic E-state index is 13.1. The molecule has 0 bridgehead atoms. The molecule has 0 fully saturated rings. The third kappa shape index (κ3) is 3.45. The van der Waals surface area contributed by atoms with E-state index in [1.807, 2.05) is 0 Å². The summed E-state index contributed by atoms with van der Waals surface area (Å²) in [7, 11) is 0. The summed E-state index contributed by atoms with van der Waals surface area (Å²) in [6.07, 6.45) is 0.299. The summed E-state index contributed by atoms with van der Waals surface area (Å²) in [6.45, 7) is -0.335. The van der Waals surface area contributed by atoms with Gasteiger partial charge >= 0.3 is 0 Å². The molecule has 0 amide bonds. The van der Waals surface area contributed by atoms with Gasteiger partial charge in [-0.25, -0.2) is 8.78 Å². The lowest BCUT2D eigenvalue weighted by molar-refractivity contribution is 0.228. The molecule has 0 saturated heterocycles. The highest BCUT2D eigenvalue weighted by molar-refractivity contribution is 5.45. The van der Waals surface area contributed by atoms with Gasteiger partial charge in [-0.2, -0.15) is 0 Å². The molecule has 15 heavy (non-hydrogen) atoms. The number of anilines is 1. The largest absolute Gasteiger partial charge is 0.396 e. The first kappa shape index (κ1) is 11.9. The van der Waals surface area contributed by atoms with E-state index in [2.05, 4.69) is 5.32 Å². The van der Waals surface area contributed by atoms with E-state index in [1.165, 1.54) is 6.07 Å². The molecule has 0 heterocycles. The summed E-state index contributed by atoms with van der Waals surface area (Å²) in [5.41, 5.74) is 0.115. The molecule has 0 aliphatic carbocycles. The van der Waals surface area contributed by atoms with Crippen molar-refractivity contribution >= 4 is 5.69 Å². The molecule has 0 radical (unpaired) electrons. The minimum Gasteiger partial charge on any atom is -0.396 e. The maximum Gasteiger partial charge on any atom is 0.149 e. The Morgan fingerprint density at radius 3 is 2.53 bits per heavy atom. The van der Waals surface area contributed by atoms with Crippen molar-refractivity contribution in [3.05, 3.63) is 29.8 Å². The Labute approximate surface area is 86.4 Å². The molecule has 1 aromatic rings. The number of halogens is 2. The lowest BCUT2D eigenvalue weighted by Gasteiger charge is -2.16. The smallest absolute Gasteiger partial charge is 0.149 e. The highest BCUT2D eigenvalue weighted by Gasteiger charge is 2.09. The van der Waals surface area contributed by atoms with Gasteiger partial charge in [0.15, 0.2) is 0 Å². The number of hydrogen-bond donors (Lipinski definition) is 3. The van der Waals surface area contributed by atoms with Gasteiger partial charge in [0.05, 0.1) is 18.3 Å². The second-order valence-electron chi connectivity index (χ2n) is 3.16. The molecule has 3 N–H and O–H groups in total. The van der Waals surface area contributed by atoms with Crippen LogP contribution < -0.4 is 5.32 Å². The zero-order chi connectivity index (χ0) is 11.3. The fraction of sp³-hybridized carbons (Fsp3) is 0.400. The summed E-state index contributed by atoms with van der Waals surface area (Å²) >= 11 is 0. The number of aliphatic hydroxyl groups is 2. The molecule has 1 rings (SSSR count). The zero-order valence-corrected chi connectivity index (χ0v) is 8.08. The van der Waals surface area contributed by atoms with E-state index in [1.54, 1.807) is 0 Å². The molecule has 3 nitrogen and oxygen atoms in total. The van der Waals surface area contributed by atoms with Crippen LogP contribution in [0.5, 0.6) is 0 Å². The number of rotatable bonds is 5. The molecule has 0 aliphatic heterocycles. The fourth-order valence-electron chi connectivity index (χ4n) is 1.19. The minimum absolute atomic E-state index is 0.110. The maximum atomic E-state index is 13.1. The van der Waals surface area contributed by atoms with E-state index >= 15 is 0 Å². The number of hydrogen-bond acceptors (Lipinski definition) is 3. The first-order valence-electron chi connectivity index (χ1n) is 4.60. The second-order valence-corrected chi connectivity index (χ2v) is 3.16. The summed E-state index contributed by atoms with van der Waals surface area (Å²) in [4.78, 5) is 0. The van der Waals surface area contributed by atoms with Crippen molar-refractivity contribution in [2.75, 3.05) is 18.5 Å². The zero-order valence-electron chi connectivity index (χ0n) is 8.08. The first-order valence-corrected chi connectivity index (χ1v) is 4.60. The van der Waals surface area contributed by atoms with Crippen LogP contribution in [0.25, 0.3) is 0 Å². The van der Waals surface area contributed by atoms with Crippen LogP contribution in [0.15, 0.2) is 18.2 Å². The Hall–Kier alpha value is -1.20. The molecule has 0 aliphatic rings. The van der Waals surface area contributed by atoms with Crippen molar-refractivity contribution in [3.8, 4) is 0 Å². The predicted molar refractivity (Wildman–Crippen MR) is 52.6 cm³/mol. The van der Waals surface area contributed by atoms with Crippen LogP contribution in [0, 0.1) is 11.6 Å². The monoisotopic (exact) mass is 217 g/mol. The van der Waals surface area contributed by atoms with Crippen molar-refractivity contribution in [2.45, 2.75) is 12.5 Å². The fourth-order valence-corrected chi connectivity index (χ4v) is 1.19. The van der Waals surface area contributed by atoms with Gasteiger partial charge in [0, 0.05) is 12.7 Å². The van der Waals surface area contributed by atoms with Gasteiger partial charge in [-0.05, 0) is 18.6 Å². The van der Waals surface area contributed by atoms with E-state index in [0.717, 1.165) is 12.1 Å². The van der Waals surface area contributed by atoms with E-state index < -0.39 is 17.7 Å². The van der Waals surface area contributed by atoms with Crippen LogP contribution in [-0.2, 0) is 0 Å². The van der Waals surface area contributed by atoms with Gasteiger partial charge < -0.3 is 15.5 Å². The lowest BCUT2D eigenvalue weighted by atomic mass is 10.2. The van der Waals surface area contributed by atoms with Crippen LogP contribution in [-0.4, -0.2) is 29.5 Å². The van der Waals surface area contributed by atoms with Crippen molar-refractivity contribution in [2.24, 2.45) is 0 Å².